The largest absolute Gasteiger partial charge is 0.134 e. The van der Waals surface area contributed by atoms with Gasteiger partial charge < -0.3 is 0 Å². The number of rotatable bonds is 2. The molecular formula is C26H14S4. The third-order valence-electron chi connectivity index (χ3n) is 5.49. The van der Waals surface area contributed by atoms with Crippen LogP contribution in [0.3, 0.4) is 0 Å². The van der Waals surface area contributed by atoms with E-state index in [0.717, 1.165) is 0 Å². The van der Waals surface area contributed by atoms with Crippen LogP contribution in [0.4, 0.5) is 0 Å². The minimum Gasteiger partial charge on any atom is -0.134 e. The Labute approximate surface area is 189 Å². The lowest BCUT2D eigenvalue weighted by molar-refractivity contribution is 1.85. The van der Waals surface area contributed by atoms with Gasteiger partial charge in [0.2, 0.25) is 0 Å². The van der Waals surface area contributed by atoms with Crippen molar-refractivity contribution in [3.05, 3.63) is 84.9 Å². The van der Waals surface area contributed by atoms with Gasteiger partial charge in [0, 0.05) is 38.3 Å². The molecule has 0 aliphatic heterocycles. The van der Waals surface area contributed by atoms with Gasteiger partial charge in [0.05, 0.1) is 0 Å². The first-order valence-corrected chi connectivity index (χ1v) is 13.0. The molecule has 0 radical (unpaired) electrons. The Morgan fingerprint density at radius 2 is 0.700 bits per heavy atom. The minimum absolute atomic E-state index is 1.34. The standard InChI is InChI=1S/C26H14S4/c1-3-7-19-15(5-1)9-23(27-19)25-13-17-11-22-18(12-21(17)29-25)14-26(30-22)24-10-16-6-2-4-8-20(16)28-24/h1-14H. The molecule has 142 valence electrons. The lowest BCUT2D eigenvalue weighted by Crippen LogP contribution is -1.62. The molecule has 4 aromatic heterocycles. The molecule has 0 fully saturated rings. The first-order chi connectivity index (χ1) is 14.8. The maximum atomic E-state index is 2.37. The monoisotopic (exact) mass is 454 g/mol. The molecule has 0 unspecified atom stereocenters. The molecule has 4 heteroatoms. The Balaban J connectivity index is 1.34. The van der Waals surface area contributed by atoms with E-state index >= 15 is 0 Å². The van der Waals surface area contributed by atoms with Crippen molar-refractivity contribution in [3.63, 3.8) is 0 Å². The highest BCUT2D eigenvalue weighted by molar-refractivity contribution is 7.29. The van der Waals surface area contributed by atoms with Gasteiger partial charge in [0.1, 0.15) is 0 Å². The van der Waals surface area contributed by atoms with Crippen LogP contribution >= 0.6 is 45.3 Å². The average Bonchev–Trinajstić information content (AvgIpc) is 3.53. The summed E-state index contributed by atoms with van der Waals surface area (Å²) in [5.41, 5.74) is 0. The van der Waals surface area contributed by atoms with E-state index in [2.05, 4.69) is 84.9 Å². The number of hydrogen-bond acceptors (Lipinski definition) is 4. The molecule has 4 heterocycles. The zero-order valence-electron chi connectivity index (χ0n) is 15.7. The second-order valence-electron chi connectivity index (χ2n) is 7.45. The van der Waals surface area contributed by atoms with Gasteiger partial charge in [-0.2, -0.15) is 0 Å². The Hall–Kier alpha value is -2.50. The summed E-state index contributed by atoms with van der Waals surface area (Å²) >= 11 is 7.59. The van der Waals surface area contributed by atoms with E-state index in [1.54, 1.807) is 0 Å². The number of hydrogen-bond donors (Lipinski definition) is 0. The van der Waals surface area contributed by atoms with Crippen molar-refractivity contribution in [3.8, 4) is 19.5 Å². The fourth-order valence-electron chi connectivity index (χ4n) is 4.02. The van der Waals surface area contributed by atoms with Crippen molar-refractivity contribution >= 4 is 85.7 Å². The van der Waals surface area contributed by atoms with E-state index in [1.165, 1.54) is 59.9 Å². The van der Waals surface area contributed by atoms with E-state index in [4.69, 9.17) is 0 Å². The molecule has 0 N–H and O–H groups in total. The summed E-state index contributed by atoms with van der Waals surface area (Å²) in [6.45, 7) is 0. The predicted octanol–water partition coefficient (Wildman–Crippen LogP) is 9.88. The van der Waals surface area contributed by atoms with E-state index in [-0.39, 0.29) is 0 Å². The molecule has 0 aliphatic rings. The van der Waals surface area contributed by atoms with Crippen molar-refractivity contribution < 1.29 is 0 Å². The van der Waals surface area contributed by atoms with Gasteiger partial charge in [-0.15, -0.1) is 45.3 Å². The van der Waals surface area contributed by atoms with E-state index in [0.29, 0.717) is 0 Å². The smallest absolute Gasteiger partial charge is 0.0455 e. The molecule has 0 bridgehead atoms. The van der Waals surface area contributed by atoms with Crippen molar-refractivity contribution in [2.75, 3.05) is 0 Å². The van der Waals surface area contributed by atoms with E-state index in [9.17, 15) is 0 Å². The van der Waals surface area contributed by atoms with Gasteiger partial charge in [0.25, 0.3) is 0 Å². The quantitative estimate of drug-likeness (QED) is 0.244. The van der Waals surface area contributed by atoms with Crippen LogP contribution in [0, 0.1) is 0 Å². The molecule has 0 spiro atoms. The van der Waals surface area contributed by atoms with Crippen molar-refractivity contribution in [2.45, 2.75) is 0 Å². The topological polar surface area (TPSA) is 0 Å². The second kappa shape index (κ2) is 6.50. The fourth-order valence-corrected chi connectivity index (χ4v) is 8.48. The van der Waals surface area contributed by atoms with Crippen molar-refractivity contribution in [1.82, 2.24) is 0 Å². The summed E-state index contributed by atoms with van der Waals surface area (Å²) < 4.78 is 5.46. The number of fused-ring (bicyclic) bond motifs is 4. The number of thiophene rings is 4. The molecule has 0 atom stereocenters. The predicted molar refractivity (Wildman–Crippen MR) is 139 cm³/mol. The maximum absolute atomic E-state index is 2.37. The van der Waals surface area contributed by atoms with Gasteiger partial charge in [-0.05, 0) is 70.1 Å². The van der Waals surface area contributed by atoms with Gasteiger partial charge in [-0.1, -0.05) is 36.4 Å². The molecule has 0 nitrogen and oxygen atoms in total. The molecule has 30 heavy (non-hydrogen) atoms. The highest BCUT2D eigenvalue weighted by Gasteiger charge is 2.12. The Morgan fingerprint density at radius 1 is 0.333 bits per heavy atom. The molecule has 7 rings (SSSR count). The molecule has 3 aromatic carbocycles. The first kappa shape index (κ1) is 17.2. The summed E-state index contributed by atoms with van der Waals surface area (Å²) in [6, 6.07) is 31.4. The van der Waals surface area contributed by atoms with Crippen LogP contribution in [0.5, 0.6) is 0 Å². The molecule has 0 amide bonds. The number of benzene rings is 3. The molecule has 7 aromatic rings. The molecule has 0 aliphatic carbocycles. The Kier molecular flexibility index (Phi) is 3.73. The SMILES string of the molecule is c1ccc2sc(-c3cc4cc5sc(-c6cc7ccccc7s6)cc5cc4s3)cc2c1. The highest BCUT2D eigenvalue weighted by Crippen LogP contribution is 2.44. The average molecular weight is 455 g/mol. The summed E-state index contributed by atoms with van der Waals surface area (Å²) in [5, 5.41) is 5.38. The fraction of sp³-hybridized carbons (Fsp3) is 0. The minimum atomic E-state index is 1.34. The zero-order valence-corrected chi connectivity index (χ0v) is 19.0. The van der Waals surface area contributed by atoms with Crippen LogP contribution in [0.15, 0.2) is 84.9 Å². The highest BCUT2D eigenvalue weighted by atomic mass is 32.1. The summed E-state index contributed by atoms with van der Waals surface area (Å²) in [6.07, 6.45) is 0. The van der Waals surface area contributed by atoms with Crippen LogP contribution in [-0.2, 0) is 0 Å². The van der Waals surface area contributed by atoms with Crippen LogP contribution in [-0.4, -0.2) is 0 Å². The van der Waals surface area contributed by atoms with Crippen LogP contribution in [0.1, 0.15) is 0 Å². The maximum Gasteiger partial charge on any atom is 0.0455 e. The van der Waals surface area contributed by atoms with Crippen molar-refractivity contribution in [2.24, 2.45) is 0 Å². The third-order valence-corrected chi connectivity index (χ3v) is 10.3. The Morgan fingerprint density at radius 3 is 1.13 bits per heavy atom. The first-order valence-electron chi connectivity index (χ1n) is 9.75. The summed E-state index contributed by atoms with van der Waals surface area (Å²) in [5.74, 6) is 0. The summed E-state index contributed by atoms with van der Waals surface area (Å²) in [7, 11) is 0. The third kappa shape index (κ3) is 2.69. The van der Waals surface area contributed by atoms with Gasteiger partial charge >= 0.3 is 0 Å². The van der Waals surface area contributed by atoms with Gasteiger partial charge in [-0.25, -0.2) is 0 Å². The normalized spacial score (nSPS) is 12.0. The molecule has 0 saturated carbocycles. The van der Waals surface area contributed by atoms with Crippen LogP contribution in [0.2, 0.25) is 0 Å². The van der Waals surface area contributed by atoms with E-state index in [1.807, 2.05) is 45.3 Å². The molecule has 0 saturated heterocycles. The van der Waals surface area contributed by atoms with Crippen LogP contribution < -0.4 is 0 Å². The van der Waals surface area contributed by atoms with Crippen molar-refractivity contribution in [1.29, 1.82) is 0 Å². The molecular weight excluding hydrogens is 441 g/mol. The lowest BCUT2D eigenvalue weighted by atomic mass is 10.2. The zero-order chi connectivity index (χ0) is 19.7. The summed E-state index contributed by atoms with van der Waals surface area (Å²) in [4.78, 5) is 5.47. The lowest BCUT2D eigenvalue weighted by Gasteiger charge is -1.89. The Bertz CT molecular complexity index is 1460. The second-order valence-corrected chi connectivity index (χ2v) is 11.8. The van der Waals surface area contributed by atoms with Gasteiger partial charge in [-0.3, -0.25) is 0 Å². The van der Waals surface area contributed by atoms with Crippen LogP contribution in [0.25, 0.3) is 59.9 Å². The van der Waals surface area contributed by atoms with E-state index < -0.39 is 0 Å². The van der Waals surface area contributed by atoms with Gasteiger partial charge in [0.15, 0.2) is 0 Å².